The quantitative estimate of drug-likeness (QED) is 0.774. The highest BCUT2D eigenvalue weighted by atomic mass is 16.3. The van der Waals surface area contributed by atoms with Crippen molar-refractivity contribution in [2.75, 3.05) is 39.8 Å². The number of rotatable bonds is 5. The number of hydrogen-bond acceptors (Lipinski definition) is 4. The van der Waals surface area contributed by atoms with Gasteiger partial charge in [0.2, 0.25) is 11.8 Å². The zero-order valence-corrected chi connectivity index (χ0v) is 14.8. The lowest BCUT2D eigenvalue weighted by Crippen LogP contribution is -2.59. The highest BCUT2D eigenvalue weighted by Crippen LogP contribution is 2.43. The molecule has 1 atom stereocenters. The Bertz CT molecular complexity index is 608. The summed E-state index contributed by atoms with van der Waals surface area (Å²) in [5.74, 6) is -0.174. The molecule has 1 aromatic rings. The van der Waals surface area contributed by atoms with Crippen molar-refractivity contribution in [3.8, 4) is 0 Å². The molecule has 1 saturated carbocycles. The van der Waals surface area contributed by atoms with E-state index in [0.29, 0.717) is 32.5 Å². The molecule has 2 amide bonds. The van der Waals surface area contributed by atoms with Crippen LogP contribution in [0.25, 0.3) is 0 Å². The molecule has 136 valence electrons. The molecule has 1 heterocycles. The number of carbonyl (C=O) groups excluding carboxylic acids is 2. The van der Waals surface area contributed by atoms with Gasteiger partial charge in [-0.25, -0.2) is 0 Å². The van der Waals surface area contributed by atoms with E-state index < -0.39 is 11.5 Å². The van der Waals surface area contributed by atoms with Crippen molar-refractivity contribution in [1.29, 1.82) is 0 Å². The second-order valence-electron chi connectivity index (χ2n) is 7.03. The number of aliphatic hydroxyl groups is 1. The molecule has 1 saturated heterocycles. The fraction of sp³-hybridized carbons (Fsp3) is 0.579. The molecule has 0 bridgehead atoms. The van der Waals surface area contributed by atoms with Crippen LogP contribution in [0.15, 0.2) is 30.3 Å². The van der Waals surface area contributed by atoms with Crippen molar-refractivity contribution < 1.29 is 14.7 Å². The monoisotopic (exact) mass is 345 g/mol. The van der Waals surface area contributed by atoms with Crippen LogP contribution >= 0.6 is 0 Å². The zero-order valence-electron chi connectivity index (χ0n) is 14.8. The molecule has 2 aliphatic rings. The standard InChI is InChI=1S/C19H27N3O3/c1-20-17(24)19(8-5-9-19)18(25)22-12-10-21(11-13-22)14-16(23)15-6-3-2-4-7-15/h2-4,6-7,16,23H,5,8-14H2,1H3,(H,20,24). The summed E-state index contributed by atoms with van der Waals surface area (Å²) in [6.45, 7) is 3.23. The first kappa shape index (κ1) is 17.9. The van der Waals surface area contributed by atoms with Crippen molar-refractivity contribution >= 4 is 11.8 Å². The van der Waals surface area contributed by atoms with Crippen molar-refractivity contribution in [3.63, 3.8) is 0 Å². The Labute approximate surface area is 148 Å². The van der Waals surface area contributed by atoms with Gasteiger partial charge < -0.3 is 15.3 Å². The van der Waals surface area contributed by atoms with Gasteiger partial charge in [0.15, 0.2) is 0 Å². The number of nitrogens with one attached hydrogen (secondary N) is 1. The van der Waals surface area contributed by atoms with E-state index in [2.05, 4.69) is 10.2 Å². The predicted octanol–water partition coefficient (Wildman–Crippen LogP) is 0.781. The fourth-order valence-corrected chi connectivity index (χ4v) is 3.77. The Balaban J connectivity index is 1.53. The molecule has 6 nitrogen and oxygen atoms in total. The molecular formula is C19H27N3O3. The van der Waals surface area contributed by atoms with E-state index in [1.807, 2.05) is 35.2 Å². The van der Waals surface area contributed by atoms with Gasteiger partial charge in [-0.15, -0.1) is 0 Å². The molecule has 1 aliphatic carbocycles. The highest BCUT2D eigenvalue weighted by molar-refractivity contribution is 6.05. The molecule has 6 heteroatoms. The van der Waals surface area contributed by atoms with Crippen LogP contribution in [0.1, 0.15) is 30.9 Å². The maximum Gasteiger partial charge on any atom is 0.238 e. The Morgan fingerprint density at radius 1 is 1.16 bits per heavy atom. The fourth-order valence-electron chi connectivity index (χ4n) is 3.77. The van der Waals surface area contributed by atoms with E-state index in [9.17, 15) is 14.7 Å². The summed E-state index contributed by atoms with van der Waals surface area (Å²) >= 11 is 0. The first-order valence-corrected chi connectivity index (χ1v) is 9.04. The third-order valence-corrected chi connectivity index (χ3v) is 5.55. The molecule has 0 aromatic heterocycles. The summed E-state index contributed by atoms with van der Waals surface area (Å²) in [5.41, 5.74) is 0.0783. The van der Waals surface area contributed by atoms with Crippen LogP contribution in [0.2, 0.25) is 0 Å². The summed E-state index contributed by atoms with van der Waals surface area (Å²) < 4.78 is 0. The maximum absolute atomic E-state index is 12.9. The van der Waals surface area contributed by atoms with Gasteiger partial charge in [-0.1, -0.05) is 36.8 Å². The predicted molar refractivity (Wildman–Crippen MR) is 94.8 cm³/mol. The van der Waals surface area contributed by atoms with Crippen LogP contribution in [-0.4, -0.2) is 66.5 Å². The average Bonchev–Trinajstić information content (AvgIpc) is 2.61. The Morgan fingerprint density at radius 2 is 1.80 bits per heavy atom. The number of β-amino-alcohol motifs (C(OH)–C–C–N with tert-alkyl or cyclic N) is 1. The molecule has 1 aromatic carbocycles. The minimum atomic E-state index is -0.833. The van der Waals surface area contributed by atoms with Gasteiger partial charge >= 0.3 is 0 Å². The zero-order chi connectivity index (χ0) is 17.9. The van der Waals surface area contributed by atoms with Crippen molar-refractivity contribution in [1.82, 2.24) is 15.1 Å². The van der Waals surface area contributed by atoms with Gasteiger partial charge in [-0.3, -0.25) is 14.5 Å². The maximum atomic E-state index is 12.9. The summed E-state index contributed by atoms with van der Waals surface area (Å²) in [7, 11) is 1.60. The van der Waals surface area contributed by atoms with Crippen LogP contribution in [0.3, 0.4) is 0 Å². The van der Waals surface area contributed by atoms with Gasteiger partial charge in [-0.2, -0.15) is 0 Å². The summed E-state index contributed by atoms with van der Waals surface area (Å²) in [6, 6.07) is 9.63. The lowest BCUT2D eigenvalue weighted by atomic mass is 9.67. The van der Waals surface area contributed by atoms with Gasteiger partial charge in [0, 0.05) is 39.8 Å². The first-order chi connectivity index (χ1) is 12.1. The van der Waals surface area contributed by atoms with Gasteiger partial charge in [-0.05, 0) is 18.4 Å². The molecule has 2 N–H and O–H groups in total. The van der Waals surface area contributed by atoms with Crippen LogP contribution in [0.5, 0.6) is 0 Å². The molecule has 1 aliphatic heterocycles. The minimum Gasteiger partial charge on any atom is -0.387 e. The van der Waals surface area contributed by atoms with Crippen LogP contribution in [0.4, 0.5) is 0 Å². The second-order valence-corrected chi connectivity index (χ2v) is 7.03. The molecule has 0 radical (unpaired) electrons. The Morgan fingerprint density at radius 3 is 2.32 bits per heavy atom. The third kappa shape index (κ3) is 3.55. The summed E-state index contributed by atoms with van der Waals surface area (Å²) in [5, 5.41) is 13.0. The third-order valence-electron chi connectivity index (χ3n) is 5.55. The van der Waals surface area contributed by atoms with Gasteiger partial charge in [0.25, 0.3) is 0 Å². The van der Waals surface area contributed by atoms with Crippen molar-refractivity contribution in [2.24, 2.45) is 5.41 Å². The number of aliphatic hydroxyl groups excluding tert-OH is 1. The number of piperazine rings is 1. The van der Waals surface area contributed by atoms with E-state index in [1.165, 1.54) is 0 Å². The van der Waals surface area contributed by atoms with Crippen molar-refractivity contribution in [3.05, 3.63) is 35.9 Å². The minimum absolute atomic E-state index is 0.0265. The van der Waals surface area contributed by atoms with Crippen molar-refractivity contribution in [2.45, 2.75) is 25.4 Å². The smallest absolute Gasteiger partial charge is 0.238 e. The summed E-state index contributed by atoms with van der Waals surface area (Å²) in [4.78, 5) is 29.0. The second kappa shape index (κ2) is 7.54. The normalized spacial score (nSPS) is 21.3. The van der Waals surface area contributed by atoms with Crippen LogP contribution in [0, 0.1) is 5.41 Å². The number of carbonyl (C=O) groups is 2. The topological polar surface area (TPSA) is 72.9 Å². The SMILES string of the molecule is CNC(=O)C1(C(=O)N2CCN(CC(O)c3ccccc3)CC2)CCC1. The first-order valence-electron chi connectivity index (χ1n) is 9.04. The Kier molecular flexibility index (Phi) is 5.39. The molecule has 0 spiro atoms. The van der Waals surface area contributed by atoms with Crippen LogP contribution < -0.4 is 5.32 Å². The molecule has 2 fully saturated rings. The van der Waals surface area contributed by atoms with E-state index >= 15 is 0 Å². The van der Waals surface area contributed by atoms with Gasteiger partial charge in [0.1, 0.15) is 5.41 Å². The molecule has 25 heavy (non-hydrogen) atoms. The average molecular weight is 345 g/mol. The highest BCUT2D eigenvalue weighted by Gasteiger charge is 2.52. The molecule has 3 rings (SSSR count). The lowest BCUT2D eigenvalue weighted by molar-refractivity contribution is -0.158. The lowest BCUT2D eigenvalue weighted by Gasteiger charge is -2.44. The number of benzene rings is 1. The number of nitrogens with zero attached hydrogens (tertiary/aromatic N) is 2. The molecule has 1 unspecified atom stereocenters. The Hall–Kier alpha value is -1.92. The largest absolute Gasteiger partial charge is 0.387 e. The van der Waals surface area contributed by atoms with E-state index in [-0.39, 0.29) is 11.8 Å². The number of amides is 2. The van der Waals surface area contributed by atoms with Crippen LogP contribution in [-0.2, 0) is 9.59 Å². The number of hydrogen-bond donors (Lipinski definition) is 2. The van der Waals surface area contributed by atoms with Gasteiger partial charge in [0.05, 0.1) is 6.10 Å². The van der Waals surface area contributed by atoms with E-state index in [0.717, 1.165) is 25.1 Å². The van der Waals surface area contributed by atoms with E-state index in [4.69, 9.17) is 0 Å². The van der Waals surface area contributed by atoms with E-state index in [1.54, 1.807) is 7.05 Å². The summed E-state index contributed by atoms with van der Waals surface area (Å²) in [6.07, 6.45) is 1.71. The molecular weight excluding hydrogens is 318 g/mol.